The molecule has 3 N–H and O–H groups in total. The summed E-state index contributed by atoms with van der Waals surface area (Å²) in [5, 5.41) is 10.1. The van der Waals surface area contributed by atoms with Gasteiger partial charge in [0.2, 0.25) is 0 Å². The van der Waals surface area contributed by atoms with Crippen LogP contribution in [0.5, 0.6) is 0 Å². The summed E-state index contributed by atoms with van der Waals surface area (Å²) in [6.07, 6.45) is 1.72. The van der Waals surface area contributed by atoms with Gasteiger partial charge in [-0.2, -0.15) is 0 Å². The molecule has 0 unspecified atom stereocenters. The lowest BCUT2D eigenvalue weighted by molar-refractivity contribution is 0.151. The summed E-state index contributed by atoms with van der Waals surface area (Å²) in [4.78, 5) is 0. The Morgan fingerprint density at radius 3 is 2.27 bits per heavy atom. The fourth-order valence-corrected chi connectivity index (χ4v) is 1.76. The molecule has 0 aromatic heterocycles. The van der Waals surface area contributed by atoms with Crippen LogP contribution in [0.15, 0.2) is 18.2 Å². The maximum absolute atomic E-state index is 10.1. The average molecular weight is 205 g/mol. The Labute approximate surface area is 91.1 Å². The van der Waals surface area contributed by atoms with Crippen LogP contribution in [0.3, 0.4) is 0 Å². The summed E-state index contributed by atoms with van der Waals surface area (Å²) >= 11 is 0. The Morgan fingerprint density at radius 1 is 1.20 bits per heavy atom. The van der Waals surface area contributed by atoms with Crippen molar-refractivity contribution >= 4 is 5.69 Å². The van der Waals surface area contributed by atoms with Crippen LogP contribution in [0.25, 0.3) is 0 Å². The van der Waals surface area contributed by atoms with Crippen LogP contribution in [0.4, 0.5) is 5.69 Å². The van der Waals surface area contributed by atoms with Gasteiger partial charge in [-0.05, 0) is 41.5 Å². The van der Waals surface area contributed by atoms with E-state index in [1.165, 1.54) is 5.56 Å². The van der Waals surface area contributed by atoms with Crippen LogP contribution in [-0.2, 0) is 11.0 Å². The second-order valence-electron chi connectivity index (χ2n) is 5.63. The molecule has 15 heavy (non-hydrogen) atoms. The minimum absolute atomic E-state index is 0.0788. The molecule has 0 heterocycles. The zero-order valence-electron chi connectivity index (χ0n) is 9.67. The molecule has 0 saturated heterocycles. The molecule has 1 aliphatic rings. The molecule has 1 aromatic rings. The third-order valence-electron chi connectivity index (χ3n) is 3.08. The summed E-state index contributed by atoms with van der Waals surface area (Å²) in [7, 11) is 0. The minimum Gasteiger partial charge on any atom is -0.399 e. The van der Waals surface area contributed by atoms with Crippen LogP contribution in [-0.4, -0.2) is 5.11 Å². The van der Waals surface area contributed by atoms with Crippen molar-refractivity contribution in [1.29, 1.82) is 0 Å². The van der Waals surface area contributed by atoms with Gasteiger partial charge in [-0.15, -0.1) is 0 Å². The maximum Gasteiger partial charge on any atom is 0.0899 e. The van der Waals surface area contributed by atoms with Gasteiger partial charge in [0, 0.05) is 5.69 Å². The van der Waals surface area contributed by atoms with E-state index in [4.69, 9.17) is 5.73 Å². The van der Waals surface area contributed by atoms with Crippen molar-refractivity contribution in [3.8, 4) is 0 Å². The molecule has 0 spiro atoms. The zero-order chi connectivity index (χ0) is 11.3. The number of aliphatic hydroxyl groups is 1. The van der Waals surface area contributed by atoms with Gasteiger partial charge in [-0.25, -0.2) is 0 Å². The quantitative estimate of drug-likeness (QED) is 0.692. The molecule has 0 radical (unpaired) electrons. The molecule has 0 amide bonds. The molecular formula is C13H19NO. The van der Waals surface area contributed by atoms with Gasteiger partial charge >= 0.3 is 0 Å². The molecule has 2 nitrogen and oxygen atoms in total. The molecular weight excluding hydrogens is 186 g/mol. The monoisotopic (exact) mass is 205 g/mol. The topological polar surface area (TPSA) is 46.2 Å². The lowest BCUT2D eigenvalue weighted by Gasteiger charge is -2.22. The van der Waals surface area contributed by atoms with Crippen molar-refractivity contribution in [3.05, 3.63) is 29.3 Å². The lowest BCUT2D eigenvalue weighted by atomic mass is 9.85. The van der Waals surface area contributed by atoms with E-state index in [1.807, 2.05) is 12.1 Å². The van der Waals surface area contributed by atoms with Gasteiger partial charge in [-0.1, -0.05) is 26.8 Å². The maximum atomic E-state index is 10.1. The first-order valence-corrected chi connectivity index (χ1v) is 5.45. The van der Waals surface area contributed by atoms with Crippen LogP contribution in [0.2, 0.25) is 0 Å². The SMILES string of the molecule is CC(C)(C)c1cc(N)cc(C2(O)CC2)c1. The third-order valence-corrected chi connectivity index (χ3v) is 3.08. The standard InChI is InChI=1S/C13H19NO/c1-12(2,3)9-6-10(8-11(14)7-9)13(15)4-5-13/h6-8,15H,4-5,14H2,1-3H3. The van der Waals surface area contributed by atoms with Crippen molar-refractivity contribution < 1.29 is 5.11 Å². The summed E-state index contributed by atoms with van der Waals surface area (Å²) in [6.45, 7) is 6.47. The van der Waals surface area contributed by atoms with E-state index >= 15 is 0 Å². The van der Waals surface area contributed by atoms with Gasteiger partial charge in [0.1, 0.15) is 0 Å². The zero-order valence-corrected chi connectivity index (χ0v) is 9.67. The van der Waals surface area contributed by atoms with Crippen molar-refractivity contribution in [2.45, 2.75) is 44.6 Å². The number of benzene rings is 1. The first-order valence-electron chi connectivity index (χ1n) is 5.45. The molecule has 2 heteroatoms. The third kappa shape index (κ3) is 2.00. The highest BCUT2D eigenvalue weighted by Gasteiger charge is 2.42. The summed E-state index contributed by atoms with van der Waals surface area (Å²) in [5.41, 5.74) is 8.28. The Hall–Kier alpha value is -1.02. The number of anilines is 1. The van der Waals surface area contributed by atoms with Gasteiger partial charge in [0.25, 0.3) is 0 Å². The second-order valence-corrected chi connectivity index (χ2v) is 5.63. The van der Waals surface area contributed by atoms with Crippen LogP contribution >= 0.6 is 0 Å². The fraction of sp³-hybridized carbons (Fsp3) is 0.538. The van der Waals surface area contributed by atoms with Crippen molar-refractivity contribution in [1.82, 2.24) is 0 Å². The van der Waals surface area contributed by atoms with Crippen LogP contribution in [0.1, 0.15) is 44.7 Å². The first kappa shape index (κ1) is 10.5. The van der Waals surface area contributed by atoms with E-state index < -0.39 is 5.60 Å². The van der Waals surface area contributed by atoms with Gasteiger partial charge in [0.15, 0.2) is 0 Å². The number of rotatable bonds is 1. The molecule has 1 aromatic carbocycles. The number of nitrogens with two attached hydrogens (primary N) is 1. The normalized spacial score (nSPS) is 18.9. The van der Waals surface area contributed by atoms with Gasteiger partial charge < -0.3 is 10.8 Å². The number of nitrogen functional groups attached to an aromatic ring is 1. The molecule has 1 saturated carbocycles. The predicted molar refractivity (Wildman–Crippen MR) is 62.7 cm³/mol. The summed E-state index contributed by atoms with van der Waals surface area (Å²) < 4.78 is 0. The Balaban J connectivity index is 2.46. The van der Waals surface area contributed by atoms with E-state index in [1.54, 1.807) is 0 Å². The van der Waals surface area contributed by atoms with Crippen molar-refractivity contribution in [2.24, 2.45) is 0 Å². The molecule has 82 valence electrons. The van der Waals surface area contributed by atoms with E-state index in [2.05, 4.69) is 26.8 Å². The van der Waals surface area contributed by atoms with Gasteiger partial charge in [-0.3, -0.25) is 0 Å². The minimum atomic E-state index is -0.588. The smallest absolute Gasteiger partial charge is 0.0899 e. The summed E-state index contributed by atoms with van der Waals surface area (Å²) in [6, 6.07) is 5.97. The molecule has 1 fully saturated rings. The fourth-order valence-electron chi connectivity index (χ4n) is 1.76. The van der Waals surface area contributed by atoms with E-state index in [0.717, 1.165) is 24.1 Å². The lowest BCUT2D eigenvalue weighted by Crippen LogP contribution is -2.14. The van der Waals surface area contributed by atoms with Crippen molar-refractivity contribution in [3.63, 3.8) is 0 Å². The highest BCUT2D eigenvalue weighted by atomic mass is 16.3. The van der Waals surface area contributed by atoms with Gasteiger partial charge in [0.05, 0.1) is 5.60 Å². The first-order chi connectivity index (χ1) is 6.81. The molecule has 1 aliphatic carbocycles. The van der Waals surface area contributed by atoms with Crippen LogP contribution < -0.4 is 5.73 Å². The van der Waals surface area contributed by atoms with E-state index in [9.17, 15) is 5.11 Å². The highest BCUT2D eigenvalue weighted by Crippen LogP contribution is 2.46. The Kier molecular flexibility index (Phi) is 2.09. The molecule has 2 rings (SSSR count). The summed E-state index contributed by atoms with van der Waals surface area (Å²) in [5.74, 6) is 0. The predicted octanol–water partition coefficient (Wildman–Crippen LogP) is 2.55. The van der Waals surface area contributed by atoms with E-state index in [0.29, 0.717) is 0 Å². The largest absolute Gasteiger partial charge is 0.399 e. The molecule has 0 bridgehead atoms. The molecule has 0 aliphatic heterocycles. The molecule has 0 atom stereocenters. The van der Waals surface area contributed by atoms with E-state index in [-0.39, 0.29) is 5.41 Å². The highest BCUT2D eigenvalue weighted by molar-refractivity contribution is 5.49. The van der Waals surface area contributed by atoms with Crippen molar-refractivity contribution in [2.75, 3.05) is 5.73 Å². The average Bonchev–Trinajstić information content (AvgIpc) is 2.82. The number of hydrogen-bond acceptors (Lipinski definition) is 2. The Bertz CT molecular complexity index is 363. The van der Waals surface area contributed by atoms with Crippen LogP contribution in [0, 0.1) is 0 Å². The Morgan fingerprint density at radius 2 is 1.80 bits per heavy atom. The second kappa shape index (κ2) is 2.99. The number of hydrogen-bond donors (Lipinski definition) is 2.